The molecule has 0 saturated carbocycles. The standard InChI is InChI=1S/C18H22FN7O3/c1-18(2,29)9-21-16(27)11-7-22-26-14(20-3)6-13(24-15(11)26)23-12-5-10(19)8-25(4)17(12)28/h5-8,20,29H,9H2,1-4H3,(H,21,27)(H,23,24). The van der Waals surface area contributed by atoms with Crippen LogP contribution in [-0.4, -0.2) is 49.4 Å². The number of anilines is 3. The van der Waals surface area contributed by atoms with Crippen molar-refractivity contribution in [3.05, 3.63) is 46.3 Å². The Kier molecular flexibility index (Phi) is 5.25. The highest BCUT2D eigenvalue weighted by molar-refractivity contribution is 6.00. The molecule has 0 atom stereocenters. The first kappa shape index (κ1) is 20.3. The van der Waals surface area contributed by atoms with Gasteiger partial charge < -0.3 is 25.6 Å². The number of hydrogen-bond donors (Lipinski definition) is 4. The molecule has 3 aromatic heterocycles. The molecule has 0 unspecified atom stereocenters. The molecule has 1 amide bonds. The third kappa shape index (κ3) is 4.35. The molecule has 3 rings (SSSR count). The monoisotopic (exact) mass is 403 g/mol. The van der Waals surface area contributed by atoms with Crippen molar-refractivity contribution in [2.75, 3.05) is 24.2 Å². The van der Waals surface area contributed by atoms with Gasteiger partial charge >= 0.3 is 0 Å². The Morgan fingerprint density at radius 2 is 2.07 bits per heavy atom. The van der Waals surface area contributed by atoms with Gasteiger partial charge in [0.1, 0.15) is 28.7 Å². The fourth-order valence-electron chi connectivity index (χ4n) is 2.66. The van der Waals surface area contributed by atoms with Crippen molar-refractivity contribution >= 4 is 28.9 Å². The molecular weight excluding hydrogens is 381 g/mol. The maximum atomic E-state index is 13.7. The molecule has 0 fully saturated rings. The van der Waals surface area contributed by atoms with Gasteiger partial charge in [-0.1, -0.05) is 0 Å². The van der Waals surface area contributed by atoms with Crippen LogP contribution in [0.3, 0.4) is 0 Å². The van der Waals surface area contributed by atoms with Crippen LogP contribution in [-0.2, 0) is 7.05 Å². The van der Waals surface area contributed by atoms with Crippen LogP contribution in [0.5, 0.6) is 0 Å². The first-order valence-electron chi connectivity index (χ1n) is 8.79. The molecular formula is C18H22FN7O3. The molecule has 29 heavy (non-hydrogen) atoms. The summed E-state index contributed by atoms with van der Waals surface area (Å²) in [6.07, 6.45) is 2.43. The van der Waals surface area contributed by atoms with E-state index in [-0.39, 0.29) is 29.3 Å². The van der Waals surface area contributed by atoms with E-state index < -0.39 is 22.9 Å². The summed E-state index contributed by atoms with van der Waals surface area (Å²) in [5.74, 6) is -0.329. The Labute approximate surface area is 165 Å². The third-order valence-electron chi connectivity index (χ3n) is 4.07. The van der Waals surface area contributed by atoms with E-state index in [2.05, 4.69) is 26.0 Å². The summed E-state index contributed by atoms with van der Waals surface area (Å²) in [6.45, 7) is 3.18. The van der Waals surface area contributed by atoms with Gasteiger partial charge in [0.15, 0.2) is 5.65 Å². The Hall–Kier alpha value is -3.47. The number of nitrogens with one attached hydrogen (secondary N) is 3. The molecule has 154 valence electrons. The highest BCUT2D eigenvalue weighted by Crippen LogP contribution is 2.21. The maximum absolute atomic E-state index is 13.7. The number of fused-ring (bicyclic) bond motifs is 1. The summed E-state index contributed by atoms with van der Waals surface area (Å²) in [5, 5.41) is 22.3. The topological polar surface area (TPSA) is 126 Å². The molecule has 0 saturated heterocycles. The van der Waals surface area contributed by atoms with Crippen molar-refractivity contribution in [3.63, 3.8) is 0 Å². The minimum atomic E-state index is -1.08. The lowest BCUT2D eigenvalue weighted by Crippen LogP contribution is -2.38. The van der Waals surface area contributed by atoms with Crippen LogP contribution in [0.1, 0.15) is 24.2 Å². The van der Waals surface area contributed by atoms with Crippen molar-refractivity contribution in [2.24, 2.45) is 7.05 Å². The second-order valence-electron chi connectivity index (χ2n) is 7.18. The number of aryl methyl sites for hydroxylation is 1. The van der Waals surface area contributed by atoms with Crippen molar-refractivity contribution in [1.29, 1.82) is 0 Å². The van der Waals surface area contributed by atoms with Gasteiger partial charge in [0, 0.05) is 39.0 Å². The van der Waals surface area contributed by atoms with Crippen LogP contribution >= 0.6 is 0 Å². The van der Waals surface area contributed by atoms with Crippen molar-refractivity contribution in [3.8, 4) is 0 Å². The Morgan fingerprint density at radius 3 is 2.72 bits per heavy atom. The normalized spacial score (nSPS) is 11.5. The fourth-order valence-corrected chi connectivity index (χ4v) is 2.66. The number of aromatic nitrogens is 4. The number of amides is 1. The molecule has 3 aromatic rings. The van der Waals surface area contributed by atoms with Gasteiger partial charge in [-0.25, -0.2) is 9.37 Å². The van der Waals surface area contributed by atoms with Gasteiger partial charge in [-0.2, -0.15) is 9.61 Å². The molecule has 0 aliphatic rings. The van der Waals surface area contributed by atoms with E-state index in [1.54, 1.807) is 27.0 Å². The lowest BCUT2D eigenvalue weighted by atomic mass is 10.1. The summed E-state index contributed by atoms with van der Waals surface area (Å²) in [6, 6.07) is 2.64. The minimum absolute atomic E-state index is 0.000972. The van der Waals surface area contributed by atoms with Crippen LogP contribution in [0.4, 0.5) is 21.7 Å². The molecule has 0 aliphatic carbocycles. The molecule has 4 N–H and O–H groups in total. The molecule has 0 aliphatic heterocycles. The number of carbonyl (C=O) groups excluding carboxylic acids is 1. The summed E-state index contributed by atoms with van der Waals surface area (Å²) in [5.41, 5.74) is -1.11. The molecule has 0 bridgehead atoms. The van der Waals surface area contributed by atoms with E-state index in [4.69, 9.17) is 0 Å². The van der Waals surface area contributed by atoms with Gasteiger partial charge in [-0.3, -0.25) is 9.59 Å². The summed E-state index contributed by atoms with van der Waals surface area (Å²) in [7, 11) is 3.10. The van der Waals surface area contributed by atoms with Crippen LogP contribution in [0, 0.1) is 5.82 Å². The second-order valence-corrected chi connectivity index (χ2v) is 7.18. The molecule has 11 heteroatoms. The van der Waals surface area contributed by atoms with Crippen LogP contribution in [0.15, 0.2) is 29.3 Å². The predicted octanol–water partition coefficient (Wildman–Crippen LogP) is 0.853. The van der Waals surface area contributed by atoms with E-state index in [0.717, 1.165) is 16.8 Å². The summed E-state index contributed by atoms with van der Waals surface area (Å²) < 4.78 is 16.2. The van der Waals surface area contributed by atoms with Crippen molar-refractivity contribution < 1.29 is 14.3 Å². The van der Waals surface area contributed by atoms with Gasteiger partial charge in [0.2, 0.25) is 0 Å². The maximum Gasteiger partial charge on any atom is 0.274 e. The number of hydrogen-bond acceptors (Lipinski definition) is 7. The van der Waals surface area contributed by atoms with E-state index in [1.807, 2.05) is 0 Å². The molecule has 10 nitrogen and oxygen atoms in total. The lowest BCUT2D eigenvalue weighted by molar-refractivity contribution is 0.0695. The lowest BCUT2D eigenvalue weighted by Gasteiger charge is -2.17. The number of rotatable bonds is 6. The number of pyridine rings is 1. The quantitative estimate of drug-likeness (QED) is 0.481. The van der Waals surface area contributed by atoms with E-state index in [1.165, 1.54) is 17.8 Å². The summed E-state index contributed by atoms with van der Waals surface area (Å²) >= 11 is 0. The zero-order valence-electron chi connectivity index (χ0n) is 16.4. The van der Waals surface area contributed by atoms with Gasteiger partial charge in [0.05, 0.1) is 11.8 Å². The molecule has 3 heterocycles. The number of halogens is 1. The van der Waals surface area contributed by atoms with Crippen LogP contribution < -0.4 is 21.5 Å². The van der Waals surface area contributed by atoms with E-state index >= 15 is 0 Å². The SMILES string of the molecule is CNc1cc(Nc2cc(F)cn(C)c2=O)nc2c(C(=O)NCC(C)(C)O)cnn12. The van der Waals surface area contributed by atoms with E-state index in [9.17, 15) is 19.1 Å². The number of aliphatic hydroxyl groups is 1. The average Bonchev–Trinajstić information content (AvgIpc) is 3.06. The smallest absolute Gasteiger partial charge is 0.274 e. The van der Waals surface area contributed by atoms with Crippen molar-refractivity contribution in [1.82, 2.24) is 24.5 Å². The molecule has 0 aromatic carbocycles. The Bertz CT molecular complexity index is 1130. The average molecular weight is 403 g/mol. The first-order chi connectivity index (χ1) is 13.6. The van der Waals surface area contributed by atoms with Gasteiger partial charge in [-0.15, -0.1) is 0 Å². The zero-order valence-corrected chi connectivity index (χ0v) is 16.4. The molecule has 0 spiro atoms. The largest absolute Gasteiger partial charge is 0.389 e. The Balaban J connectivity index is 2.02. The van der Waals surface area contributed by atoms with Crippen LogP contribution in [0.2, 0.25) is 0 Å². The zero-order chi connectivity index (χ0) is 21.3. The fraction of sp³-hybridized carbons (Fsp3) is 0.333. The Morgan fingerprint density at radius 1 is 1.34 bits per heavy atom. The van der Waals surface area contributed by atoms with Gasteiger partial charge in [-0.05, 0) is 13.8 Å². The molecule has 0 radical (unpaired) electrons. The van der Waals surface area contributed by atoms with Gasteiger partial charge in [0.25, 0.3) is 11.5 Å². The number of nitrogens with zero attached hydrogens (tertiary/aromatic N) is 4. The third-order valence-corrected chi connectivity index (χ3v) is 4.07. The highest BCUT2D eigenvalue weighted by atomic mass is 19.1. The second kappa shape index (κ2) is 7.51. The first-order valence-corrected chi connectivity index (χ1v) is 8.79. The van der Waals surface area contributed by atoms with Crippen LogP contribution in [0.25, 0.3) is 5.65 Å². The van der Waals surface area contributed by atoms with Crippen molar-refractivity contribution in [2.45, 2.75) is 19.4 Å². The predicted molar refractivity (Wildman–Crippen MR) is 106 cm³/mol. The summed E-state index contributed by atoms with van der Waals surface area (Å²) in [4.78, 5) is 29.1. The minimum Gasteiger partial charge on any atom is -0.389 e. The van der Waals surface area contributed by atoms with E-state index in [0.29, 0.717) is 5.82 Å². The number of carbonyl (C=O) groups is 1. The highest BCUT2D eigenvalue weighted by Gasteiger charge is 2.20.